The van der Waals surface area contributed by atoms with Crippen molar-refractivity contribution in [3.63, 3.8) is 0 Å². The maximum Gasteiger partial charge on any atom is 0.244 e. The smallest absolute Gasteiger partial charge is 0.244 e. The summed E-state index contributed by atoms with van der Waals surface area (Å²) < 4.78 is 0. The fourth-order valence-corrected chi connectivity index (χ4v) is 2.99. The summed E-state index contributed by atoms with van der Waals surface area (Å²) in [5.74, 6) is 1.38. The Morgan fingerprint density at radius 2 is 1.87 bits per heavy atom. The van der Waals surface area contributed by atoms with E-state index < -0.39 is 0 Å². The fourth-order valence-electron chi connectivity index (χ4n) is 2.87. The molecule has 0 radical (unpaired) electrons. The van der Waals surface area contributed by atoms with E-state index in [1.807, 2.05) is 24.3 Å². The number of nitrogens with one attached hydrogen (secondary N) is 2. The first-order chi connectivity index (χ1) is 11.3. The van der Waals surface area contributed by atoms with Crippen LogP contribution in [0.25, 0.3) is 0 Å². The van der Waals surface area contributed by atoms with Crippen LogP contribution >= 0.6 is 11.6 Å². The number of benzene rings is 1. The van der Waals surface area contributed by atoms with Gasteiger partial charge >= 0.3 is 0 Å². The molecule has 1 heterocycles. The summed E-state index contributed by atoms with van der Waals surface area (Å²) >= 11 is 5.89. The quantitative estimate of drug-likeness (QED) is 0.840. The molecule has 2 N–H and O–H groups in total. The summed E-state index contributed by atoms with van der Waals surface area (Å²) in [5, 5.41) is 15.6. The van der Waals surface area contributed by atoms with Gasteiger partial charge in [-0.2, -0.15) is 10.1 Å². The van der Waals surface area contributed by atoms with Gasteiger partial charge in [0.05, 0.1) is 6.20 Å². The third-order valence-corrected chi connectivity index (χ3v) is 4.38. The molecule has 1 saturated carbocycles. The van der Waals surface area contributed by atoms with Gasteiger partial charge in [-0.3, -0.25) is 0 Å². The van der Waals surface area contributed by atoms with Gasteiger partial charge in [-0.15, -0.1) is 5.10 Å². The molecule has 5 nitrogen and oxygen atoms in total. The summed E-state index contributed by atoms with van der Waals surface area (Å²) in [4.78, 5) is 4.50. The van der Waals surface area contributed by atoms with Gasteiger partial charge in [-0.25, -0.2) is 0 Å². The average molecular weight is 332 g/mol. The van der Waals surface area contributed by atoms with E-state index in [0.29, 0.717) is 12.0 Å². The molecule has 0 atom stereocenters. The lowest BCUT2D eigenvalue weighted by Gasteiger charge is -2.22. The van der Waals surface area contributed by atoms with E-state index in [4.69, 9.17) is 11.6 Å². The van der Waals surface area contributed by atoms with Gasteiger partial charge in [-0.1, -0.05) is 43.0 Å². The molecule has 23 heavy (non-hydrogen) atoms. The van der Waals surface area contributed by atoms with Crippen LogP contribution in [0, 0.1) is 0 Å². The summed E-state index contributed by atoms with van der Waals surface area (Å²) in [7, 11) is 0. The van der Waals surface area contributed by atoms with Crippen molar-refractivity contribution >= 4 is 23.4 Å². The number of hydrogen-bond acceptors (Lipinski definition) is 5. The predicted octanol–water partition coefficient (Wildman–Crippen LogP) is 3.92. The van der Waals surface area contributed by atoms with Gasteiger partial charge in [0.2, 0.25) is 5.95 Å². The second-order valence-electron chi connectivity index (χ2n) is 5.95. The topological polar surface area (TPSA) is 62.7 Å². The highest BCUT2D eigenvalue weighted by atomic mass is 35.5. The molecule has 1 aromatic carbocycles. The minimum Gasteiger partial charge on any atom is -0.368 e. The largest absolute Gasteiger partial charge is 0.368 e. The van der Waals surface area contributed by atoms with E-state index in [1.54, 1.807) is 6.20 Å². The second-order valence-corrected chi connectivity index (χ2v) is 6.38. The van der Waals surface area contributed by atoms with Crippen LogP contribution in [0.4, 0.5) is 11.8 Å². The SMILES string of the molecule is Clc1ccc(CCNc2cnnc(NC3CCCCC3)n2)cc1. The summed E-state index contributed by atoms with van der Waals surface area (Å²) in [6, 6.07) is 8.39. The zero-order valence-electron chi connectivity index (χ0n) is 13.1. The van der Waals surface area contributed by atoms with Gasteiger partial charge in [0.1, 0.15) is 0 Å². The second kappa shape index (κ2) is 8.11. The highest BCUT2D eigenvalue weighted by Gasteiger charge is 2.14. The lowest BCUT2D eigenvalue weighted by atomic mass is 9.96. The third kappa shape index (κ3) is 5.06. The highest BCUT2D eigenvalue weighted by Crippen LogP contribution is 2.20. The number of nitrogens with zero attached hydrogens (tertiary/aromatic N) is 3. The number of rotatable bonds is 6. The molecule has 3 rings (SSSR count). The van der Waals surface area contributed by atoms with Crippen LogP contribution in [0.2, 0.25) is 5.02 Å². The van der Waals surface area contributed by atoms with Crippen LogP contribution in [-0.4, -0.2) is 27.8 Å². The Labute approximate surface area is 141 Å². The van der Waals surface area contributed by atoms with Crippen molar-refractivity contribution in [2.75, 3.05) is 17.2 Å². The summed E-state index contributed by atoms with van der Waals surface area (Å²) in [5.41, 5.74) is 1.24. The minimum absolute atomic E-state index is 0.481. The molecule has 0 spiro atoms. The van der Waals surface area contributed by atoms with E-state index >= 15 is 0 Å². The zero-order chi connectivity index (χ0) is 15.9. The maximum absolute atomic E-state index is 5.89. The lowest BCUT2D eigenvalue weighted by Crippen LogP contribution is -2.24. The van der Waals surface area contributed by atoms with Crippen LogP contribution in [0.3, 0.4) is 0 Å². The van der Waals surface area contributed by atoms with Crippen LogP contribution < -0.4 is 10.6 Å². The Balaban J connectivity index is 1.49. The van der Waals surface area contributed by atoms with Gasteiger partial charge in [0.25, 0.3) is 0 Å². The molecule has 0 unspecified atom stereocenters. The molecule has 2 aromatic rings. The summed E-state index contributed by atoms with van der Waals surface area (Å²) in [6.07, 6.45) is 8.85. The summed E-state index contributed by atoms with van der Waals surface area (Å²) in [6.45, 7) is 0.795. The molecule has 1 fully saturated rings. The highest BCUT2D eigenvalue weighted by molar-refractivity contribution is 6.30. The van der Waals surface area contributed by atoms with Crippen molar-refractivity contribution in [2.24, 2.45) is 0 Å². The van der Waals surface area contributed by atoms with Crippen molar-refractivity contribution in [3.05, 3.63) is 41.0 Å². The Hall–Kier alpha value is -1.88. The molecule has 0 bridgehead atoms. The van der Waals surface area contributed by atoms with Gasteiger partial charge in [-0.05, 0) is 37.0 Å². The third-order valence-electron chi connectivity index (χ3n) is 4.13. The average Bonchev–Trinajstić information content (AvgIpc) is 2.58. The Morgan fingerprint density at radius 1 is 1.09 bits per heavy atom. The monoisotopic (exact) mass is 331 g/mol. The van der Waals surface area contributed by atoms with Crippen LogP contribution in [0.1, 0.15) is 37.7 Å². The van der Waals surface area contributed by atoms with Crippen molar-refractivity contribution in [3.8, 4) is 0 Å². The molecule has 1 aromatic heterocycles. The molecule has 1 aliphatic rings. The molecule has 122 valence electrons. The van der Waals surface area contributed by atoms with E-state index in [0.717, 1.165) is 23.8 Å². The first-order valence-corrected chi connectivity index (χ1v) is 8.62. The molecular weight excluding hydrogens is 310 g/mol. The van der Waals surface area contributed by atoms with Crippen LogP contribution in [0.5, 0.6) is 0 Å². The Bertz CT molecular complexity index is 611. The predicted molar refractivity (Wildman–Crippen MR) is 94.0 cm³/mol. The molecule has 0 amide bonds. The van der Waals surface area contributed by atoms with E-state index in [1.165, 1.54) is 37.7 Å². The molecule has 1 aliphatic carbocycles. The first-order valence-electron chi connectivity index (χ1n) is 8.24. The number of aromatic nitrogens is 3. The zero-order valence-corrected chi connectivity index (χ0v) is 13.9. The molecule has 0 aliphatic heterocycles. The Kier molecular flexibility index (Phi) is 5.64. The Morgan fingerprint density at radius 3 is 2.65 bits per heavy atom. The first kappa shape index (κ1) is 16.0. The molecule has 6 heteroatoms. The number of anilines is 2. The van der Waals surface area contributed by atoms with E-state index in [9.17, 15) is 0 Å². The van der Waals surface area contributed by atoms with Crippen molar-refractivity contribution in [1.82, 2.24) is 15.2 Å². The van der Waals surface area contributed by atoms with Gasteiger partial charge in [0.15, 0.2) is 5.82 Å². The van der Waals surface area contributed by atoms with E-state index in [2.05, 4.69) is 25.8 Å². The lowest BCUT2D eigenvalue weighted by molar-refractivity contribution is 0.460. The fraction of sp³-hybridized carbons (Fsp3) is 0.471. The normalized spacial score (nSPS) is 15.3. The standard InChI is InChI=1S/C17H22ClN5/c18-14-8-6-13(7-9-14)10-11-19-16-12-20-23-17(22-16)21-15-4-2-1-3-5-15/h6-9,12,15H,1-5,10-11H2,(H2,19,21,22,23). The van der Waals surface area contributed by atoms with Gasteiger partial charge < -0.3 is 10.6 Å². The van der Waals surface area contributed by atoms with Crippen molar-refractivity contribution in [1.29, 1.82) is 0 Å². The maximum atomic E-state index is 5.89. The number of hydrogen-bond donors (Lipinski definition) is 2. The van der Waals surface area contributed by atoms with Crippen LogP contribution in [-0.2, 0) is 6.42 Å². The molecule has 0 saturated heterocycles. The van der Waals surface area contributed by atoms with Crippen LogP contribution in [0.15, 0.2) is 30.5 Å². The minimum atomic E-state index is 0.481. The van der Waals surface area contributed by atoms with E-state index in [-0.39, 0.29) is 0 Å². The molecular formula is C17H22ClN5. The van der Waals surface area contributed by atoms with Crippen molar-refractivity contribution in [2.45, 2.75) is 44.6 Å². The number of halogens is 1. The van der Waals surface area contributed by atoms with Crippen molar-refractivity contribution < 1.29 is 0 Å². The van der Waals surface area contributed by atoms with Gasteiger partial charge in [0, 0.05) is 17.6 Å².